The van der Waals surface area contributed by atoms with Gasteiger partial charge in [0.05, 0.1) is 19.7 Å². The van der Waals surface area contributed by atoms with Crippen molar-refractivity contribution in [3.8, 4) is 23.0 Å². The van der Waals surface area contributed by atoms with E-state index in [4.69, 9.17) is 14.2 Å². The van der Waals surface area contributed by atoms with Crippen LogP contribution in [0.25, 0.3) is 21.8 Å². The number of aromatic amines is 1. The molecule has 2 aromatic heterocycles. The van der Waals surface area contributed by atoms with E-state index in [9.17, 15) is 9.59 Å². The van der Waals surface area contributed by atoms with Crippen LogP contribution >= 0.6 is 0 Å². The van der Waals surface area contributed by atoms with Crippen LogP contribution in [0.5, 0.6) is 23.0 Å². The second kappa shape index (κ2) is 9.18. The zero-order valence-electron chi connectivity index (χ0n) is 19.0. The molecule has 174 valence electrons. The van der Waals surface area contributed by atoms with Crippen molar-refractivity contribution in [1.29, 1.82) is 0 Å². The number of rotatable bonds is 6. The minimum Gasteiger partial charge on any atom is -0.493 e. The number of benzene rings is 3. The summed E-state index contributed by atoms with van der Waals surface area (Å²) in [7, 11) is 3.14. The average Bonchev–Trinajstić information content (AvgIpc) is 2.89. The average molecular weight is 467 g/mol. The molecule has 0 aliphatic carbocycles. The molecule has 5 rings (SSSR count). The SMILES string of the molecule is COc1cc2nccc(Oc3ccc(NC(=O)c4c[nH]c5ccccc5c4=O)cc3)c2cc1OC. The number of nitrogens with zero attached hydrogens (tertiary/aromatic N) is 1. The number of anilines is 1. The number of pyridine rings is 2. The molecule has 0 saturated carbocycles. The summed E-state index contributed by atoms with van der Waals surface area (Å²) < 4.78 is 16.8. The third-order valence-electron chi connectivity index (χ3n) is 5.58. The third-order valence-corrected chi connectivity index (χ3v) is 5.58. The molecule has 0 fully saturated rings. The van der Waals surface area contributed by atoms with E-state index in [1.54, 1.807) is 75.0 Å². The maximum atomic E-state index is 12.7. The van der Waals surface area contributed by atoms with Gasteiger partial charge in [-0.15, -0.1) is 0 Å². The van der Waals surface area contributed by atoms with Gasteiger partial charge in [-0.25, -0.2) is 0 Å². The molecule has 8 nitrogen and oxygen atoms in total. The van der Waals surface area contributed by atoms with Gasteiger partial charge >= 0.3 is 0 Å². The first-order chi connectivity index (χ1) is 17.1. The first-order valence-electron chi connectivity index (χ1n) is 10.8. The Morgan fingerprint density at radius 2 is 1.63 bits per heavy atom. The molecule has 1 amide bonds. The molecular formula is C27H21N3O5. The minimum atomic E-state index is -0.494. The molecule has 0 aliphatic rings. The first-order valence-corrected chi connectivity index (χ1v) is 10.8. The van der Waals surface area contributed by atoms with Crippen molar-refractivity contribution >= 4 is 33.4 Å². The zero-order valence-corrected chi connectivity index (χ0v) is 19.0. The lowest BCUT2D eigenvalue weighted by Crippen LogP contribution is -2.21. The summed E-state index contributed by atoms with van der Waals surface area (Å²) in [6.45, 7) is 0. The van der Waals surface area contributed by atoms with Gasteiger partial charge in [0.2, 0.25) is 5.43 Å². The number of H-pyrrole nitrogens is 1. The van der Waals surface area contributed by atoms with Gasteiger partial charge in [-0.3, -0.25) is 14.6 Å². The predicted octanol–water partition coefficient (Wildman–Crippen LogP) is 5.14. The summed E-state index contributed by atoms with van der Waals surface area (Å²) in [6.07, 6.45) is 3.08. The molecule has 2 heterocycles. The van der Waals surface area contributed by atoms with Crippen molar-refractivity contribution in [3.05, 3.63) is 94.9 Å². The summed E-state index contributed by atoms with van der Waals surface area (Å²) in [5.74, 6) is 1.81. The molecule has 0 radical (unpaired) electrons. The molecule has 8 heteroatoms. The zero-order chi connectivity index (χ0) is 24.4. The van der Waals surface area contributed by atoms with Gasteiger partial charge in [-0.1, -0.05) is 12.1 Å². The Hall–Kier alpha value is -4.85. The van der Waals surface area contributed by atoms with Gasteiger partial charge in [-0.05, 0) is 48.5 Å². The Morgan fingerprint density at radius 3 is 2.40 bits per heavy atom. The maximum absolute atomic E-state index is 12.7. The topological polar surface area (TPSA) is 103 Å². The van der Waals surface area contributed by atoms with Crippen molar-refractivity contribution in [2.45, 2.75) is 0 Å². The van der Waals surface area contributed by atoms with Crippen molar-refractivity contribution in [2.24, 2.45) is 0 Å². The Balaban J connectivity index is 1.36. The largest absolute Gasteiger partial charge is 0.493 e. The molecule has 5 aromatic rings. The molecule has 0 spiro atoms. The predicted molar refractivity (Wildman–Crippen MR) is 134 cm³/mol. The number of ether oxygens (including phenoxy) is 3. The number of carbonyl (C=O) groups excluding carboxylic acids is 1. The Bertz CT molecular complexity index is 1610. The van der Waals surface area contributed by atoms with Crippen LogP contribution in [-0.2, 0) is 0 Å². The van der Waals surface area contributed by atoms with Crippen LogP contribution in [0.15, 0.2) is 83.9 Å². The highest BCUT2D eigenvalue weighted by atomic mass is 16.5. The Morgan fingerprint density at radius 1 is 0.886 bits per heavy atom. The molecule has 3 aromatic carbocycles. The van der Waals surface area contributed by atoms with Gasteiger partial charge in [0.15, 0.2) is 11.5 Å². The van der Waals surface area contributed by atoms with Crippen LogP contribution in [0.1, 0.15) is 10.4 Å². The van der Waals surface area contributed by atoms with Gasteiger partial charge in [0, 0.05) is 40.4 Å². The summed E-state index contributed by atoms with van der Waals surface area (Å²) in [4.78, 5) is 32.8. The lowest BCUT2D eigenvalue weighted by atomic mass is 10.1. The first kappa shape index (κ1) is 22.0. The number of hydrogen-bond donors (Lipinski definition) is 2. The number of nitrogens with one attached hydrogen (secondary N) is 2. The van der Waals surface area contributed by atoms with Crippen LogP contribution in [-0.4, -0.2) is 30.1 Å². The van der Waals surface area contributed by atoms with E-state index in [2.05, 4.69) is 15.3 Å². The van der Waals surface area contributed by atoms with Crippen LogP contribution < -0.4 is 25.0 Å². The Labute approximate surface area is 200 Å². The van der Waals surface area contributed by atoms with E-state index in [0.717, 1.165) is 5.39 Å². The molecule has 0 aliphatic heterocycles. The summed E-state index contributed by atoms with van der Waals surface area (Å²) in [5.41, 5.74) is 1.62. The van der Waals surface area contributed by atoms with Crippen LogP contribution in [0.4, 0.5) is 5.69 Å². The monoisotopic (exact) mass is 467 g/mol. The highest BCUT2D eigenvalue weighted by Gasteiger charge is 2.14. The number of hydrogen-bond acceptors (Lipinski definition) is 6. The molecule has 0 bridgehead atoms. The number of para-hydroxylation sites is 1. The summed E-state index contributed by atoms with van der Waals surface area (Å²) in [5, 5.41) is 3.98. The molecule has 2 N–H and O–H groups in total. The molecule has 0 atom stereocenters. The third kappa shape index (κ3) is 4.24. The van der Waals surface area contributed by atoms with Crippen LogP contribution in [0, 0.1) is 0 Å². The van der Waals surface area contributed by atoms with E-state index in [1.165, 1.54) is 6.20 Å². The van der Waals surface area contributed by atoms with E-state index < -0.39 is 5.91 Å². The minimum absolute atomic E-state index is 0.0386. The van der Waals surface area contributed by atoms with Gasteiger partial charge < -0.3 is 24.5 Å². The number of methoxy groups -OCH3 is 2. The van der Waals surface area contributed by atoms with Crippen LogP contribution in [0.2, 0.25) is 0 Å². The van der Waals surface area contributed by atoms with Crippen molar-refractivity contribution in [1.82, 2.24) is 9.97 Å². The van der Waals surface area contributed by atoms with Crippen LogP contribution in [0.3, 0.4) is 0 Å². The van der Waals surface area contributed by atoms with Crippen molar-refractivity contribution in [3.63, 3.8) is 0 Å². The summed E-state index contributed by atoms with van der Waals surface area (Å²) >= 11 is 0. The van der Waals surface area contributed by atoms with Gasteiger partial charge in [0.25, 0.3) is 5.91 Å². The maximum Gasteiger partial charge on any atom is 0.261 e. The second-order valence-electron chi connectivity index (χ2n) is 7.69. The second-order valence-corrected chi connectivity index (χ2v) is 7.69. The summed E-state index contributed by atoms with van der Waals surface area (Å²) in [6, 6.07) is 19.3. The highest BCUT2D eigenvalue weighted by molar-refractivity contribution is 6.05. The van der Waals surface area contributed by atoms with E-state index in [-0.39, 0.29) is 11.0 Å². The van der Waals surface area contributed by atoms with E-state index >= 15 is 0 Å². The normalized spacial score (nSPS) is 10.8. The molecule has 0 unspecified atom stereocenters. The van der Waals surface area contributed by atoms with E-state index in [0.29, 0.717) is 45.1 Å². The fourth-order valence-corrected chi connectivity index (χ4v) is 3.80. The number of fused-ring (bicyclic) bond motifs is 2. The van der Waals surface area contributed by atoms with Crippen molar-refractivity contribution < 1.29 is 19.0 Å². The standard InChI is InChI=1S/C27H21N3O5/c1-33-24-13-19-22(14-25(24)34-2)28-12-11-23(19)35-17-9-7-16(8-10-17)30-27(32)20-15-29-21-6-4-3-5-18(21)26(20)31/h3-15H,1-2H3,(H,29,31)(H,30,32). The number of carbonyl (C=O) groups is 1. The smallest absolute Gasteiger partial charge is 0.261 e. The van der Waals surface area contributed by atoms with Crippen molar-refractivity contribution in [2.75, 3.05) is 19.5 Å². The van der Waals surface area contributed by atoms with E-state index in [1.807, 2.05) is 12.1 Å². The fourth-order valence-electron chi connectivity index (χ4n) is 3.80. The quantitative estimate of drug-likeness (QED) is 0.359. The lowest BCUT2D eigenvalue weighted by molar-refractivity contribution is 0.102. The van der Waals surface area contributed by atoms with Gasteiger partial charge in [-0.2, -0.15) is 0 Å². The lowest BCUT2D eigenvalue weighted by Gasteiger charge is -2.12. The molecule has 0 saturated heterocycles. The molecule has 35 heavy (non-hydrogen) atoms. The number of aromatic nitrogens is 2. The Kier molecular flexibility index (Phi) is 5.76. The van der Waals surface area contributed by atoms with Gasteiger partial charge in [0.1, 0.15) is 17.1 Å². The number of amides is 1. The fraction of sp³-hybridized carbons (Fsp3) is 0.0741. The molecular weight excluding hydrogens is 446 g/mol. The highest BCUT2D eigenvalue weighted by Crippen LogP contribution is 2.37.